The van der Waals surface area contributed by atoms with Gasteiger partial charge in [-0.2, -0.15) is 5.26 Å². The molecular formula is C17H25N3. The van der Waals surface area contributed by atoms with Gasteiger partial charge >= 0.3 is 0 Å². The Bertz CT molecular complexity index is 466. The molecule has 0 bridgehead atoms. The van der Waals surface area contributed by atoms with Crippen LogP contribution in [-0.2, 0) is 5.54 Å². The van der Waals surface area contributed by atoms with Gasteiger partial charge in [0.05, 0.1) is 6.07 Å². The van der Waals surface area contributed by atoms with Gasteiger partial charge in [0, 0.05) is 25.8 Å². The lowest BCUT2D eigenvalue weighted by Gasteiger charge is -2.32. The van der Waals surface area contributed by atoms with E-state index < -0.39 is 5.54 Å². The second-order valence-electron chi connectivity index (χ2n) is 6.16. The summed E-state index contributed by atoms with van der Waals surface area (Å²) in [4.78, 5) is 2.07. The maximum Gasteiger partial charge on any atom is 0.129 e. The van der Waals surface area contributed by atoms with Crippen molar-refractivity contribution in [1.82, 2.24) is 5.32 Å². The fourth-order valence-corrected chi connectivity index (χ4v) is 2.93. The van der Waals surface area contributed by atoms with E-state index in [9.17, 15) is 5.26 Å². The molecule has 1 unspecified atom stereocenters. The summed E-state index contributed by atoms with van der Waals surface area (Å²) in [5, 5.41) is 13.2. The van der Waals surface area contributed by atoms with Crippen molar-refractivity contribution in [3.63, 3.8) is 0 Å². The molecule has 1 fully saturated rings. The highest BCUT2D eigenvalue weighted by Crippen LogP contribution is 2.26. The average Bonchev–Trinajstić information content (AvgIpc) is 2.48. The van der Waals surface area contributed by atoms with Crippen molar-refractivity contribution in [1.29, 1.82) is 5.26 Å². The Morgan fingerprint density at radius 3 is 2.25 bits per heavy atom. The Labute approximate surface area is 122 Å². The molecule has 1 aromatic rings. The molecule has 0 aliphatic heterocycles. The fraction of sp³-hybridized carbons (Fsp3) is 0.588. The van der Waals surface area contributed by atoms with Crippen LogP contribution in [0.5, 0.6) is 0 Å². The smallest absolute Gasteiger partial charge is 0.129 e. The van der Waals surface area contributed by atoms with Crippen LogP contribution >= 0.6 is 0 Å². The quantitative estimate of drug-likeness (QED) is 0.912. The molecule has 1 saturated carbocycles. The van der Waals surface area contributed by atoms with Crippen LogP contribution in [0.1, 0.15) is 44.6 Å². The van der Waals surface area contributed by atoms with Crippen LogP contribution in [0.4, 0.5) is 5.69 Å². The summed E-state index contributed by atoms with van der Waals surface area (Å²) in [5.41, 5.74) is 1.62. The lowest BCUT2D eigenvalue weighted by atomic mass is 9.88. The van der Waals surface area contributed by atoms with Crippen molar-refractivity contribution in [3.8, 4) is 6.07 Å². The molecule has 3 nitrogen and oxygen atoms in total. The largest absolute Gasteiger partial charge is 0.378 e. The van der Waals surface area contributed by atoms with Crippen molar-refractivity contribution in [2.45, 2.75) is 50.6 Å². The van der Waals surface area contributed by atoms with E-state index in [1.807, 2.05) is 21.0 Å². The molecule has 2 rings (SSSR count). The van der Waals surface area contributed by atoms with E-state index in [0.29, 0.717) is 6.04 Å². The molecule has 0 amide bonds. The highest BCUT2D eigenvalue weighted by atomic mass is 15.1. The minimum Gasteiger partial charge on any atom is -0.378 e. The summed E-state index contributed by atoms with van der Waals surface area (Å²) in [6, 6.07) is 11.2. The second kappa shape index (κ2) is 6.28. The predicted octanol–water partition coefficient (Wildman–Crippen LogP) is 3.41. The zero-order valence-corrected chi connectivity index (χ0v) is 12.8. The predicted molar refractivity (Wildman–Crippen MR) is 83.7 cm³/mol. The van der Waals surface area contributed by atoms with Crippen LogP contribution in [0.3, 0.4) is 0 Å². The summed E-state index contributed by atoms with van der Waals surface area (Å²) in [6.07, 6.45) is 6.26. The molecular weight excluding hydrogens is 246 g/mol. The fourth-order valence-electron chi connectivity index (χ4n) is 2.93. The van der Waals surface area contributed by atoms with Crippen molar-refractivity contribution >= 4 is 5.69 Å². The Morgan fingerprint density at radius 2 is 1.75 bits per heavy atom. The number of hydrogen-bond acceptors (Lipinski definition) is 3. The maximum atomic E-state index is 9.62. The van der Waals surface area contributed by atoms with Crippen molar-refractivity contribution < 1.29 is 0 Å². The Balaban J connectivity index is 2.14. The number of anilines is 1. The summed E-state index contributed by atoms with van der Waals surface area (Å²) < 4.78 is 0. The first kappa shape index (κ1) is 14.9. The number of benzene rings is 1. The van der Waals surface area contributed by atoms with E-state index in [4.69, 9.17) is 0 Å². The maximum absolute atomic E-state index is 9.62. The molecule has 0 saturated heterocycles. The lowest BCUT2D eigenvalue weighted by molar-refractivity contribution is 0.310. The minimum absolute atomic E-state index is 0.474. The number of nitrogens with zero attached hydrogens (tertiary/aromatic N) is 2. The number of hydrogen-bond donors (Lipinski definition) is 1. The van der Waals surface area contributed by atoms with Gasteiger partial charge in [0.15, 0.2) is 0 Å². The molecule has 1 aromatic carbocycles. The van der Waals surface area contributed by atoms with E-state index in [0.717, 1.165) is 11.3 Å². The molecule has 1 atom stereocenters. The lowest BCUT2D eigenvalue weighted by Crippen LogP contribution is -2.45. The zero-order valence-electron chi connectivity index (χ0n) is 12.8. The van der Waals surface area contributed by atoms with Gasteiger partial charge in [0.25, 0.3) is 0 Å². The molecule has 20 heavy (non-hydrogen) atoms. The first-order valence-corrected chi connectivity index (χ1v) is 7.52. The van der Waals surface area contributed by atoms with E-state index in [-0.39, 0.29) is 0 Å². The van der Waals surface area contributed by atoms with Crippen LogP contribution in [0, 0.1) is 11.3 Å². The van der Waals surface area contributed by atoms with Crippen LogP contribution in [-0.4, -0.2) is 20.1 Å². The summed E-state index contributed by atoms with van der Waals surface area (Å²) >= 11 is 0. The highest BCUT2D eigenvalue weighted by molar-refractivity contribution is 5.48. The van der Waals surface area contributed by atoms with Crippen LogP contribution in [0.25, 0.3) is 0 Å². The van der Waals surface area contributed by atoms with Crippen molar-refractivity contribution in [2.24, 2.45) is 0 Å². The molecule has 3 heteroatoms. The summed E-state index contributed by atoms with van der Waals surface area (Å²) in [5.74, 6) is 0. The first-order chi connectivity index (χ1) is 9.55. The van der Waals surface area contributed by atoms with Crippen LogP contribution < -0.4 is 10.2 Å². The minimum atomic E-state index is -0.590. The third kappa shape index (κ3) is 3.32. The Morgan fingerprint density at radius 1 is 1.15 bits per heavy atom. The molecule has 0 aromatic heterocycles. The van der Waals surface area contributed by atoms with Gasteiger partial charge in [0.1, 0.15) is 5.54 Å². The van der Waals surface area contributed by atoms with Gasteiger partial charge in [-0.25, -0.2) is 0 Å². The van der Waals surface area contributed by atoms with E-state index >= 15 is 0 Å². The topological polar surface area (TPSA) is 39.1 Å². The molecule has 108 valence electrons. The normalized spacial score (nSPS) is 19.1. The average molecular weight is 271 g/mol. The van der Waals surface area contributed by atoms with Gasteiger partial charge in [-0.15, -0.1) is 0 Å². The summed E-state index contributed by atoms with van der Waals surface area (Å²) in [6.45, 7) is 1.99. The van der Waals surface area contributed by atoms with E-state index in [1.165, 1.54) is 32.1 Å². The molecule has 0 spiro atoms. The molecule has 0 radical (unpaired) electrons. The van der Waals surface area contributed by atoms with Gasteiger partial charge in [-0.1, -0.05) is 31.4 Å². The SMILES string of the molecule is CN(C)c1ccc(C(C)(C#N)NC2CCCCC2)cc1. The Kier molecular flexibility index (Phi) is 4.67. The number of nitrogens with one attached hydrogen (secondary N) is 1. The monoisotopic (exact) mass is 271 g/mol. The van der Waals surface area contributed by atoms with Crippen molar-refractivity contribution in [3.05, 3.63) is 29.8 Å². The van der Waals surface area contributed by atoms with Crippen molar-refractivity contribution in [2.75, 3.05) is 19.0 Å². The summed E-state index contributed by atoms with van der Waals surface area (Å²) in [7, 11) is 4.05. The van der Waals surface area contributed by atoms with E-state index in [1.54, 1.807) is 0 Å². The molecule has 1 aliphatic carbocycles. The van der Waals surface area contributed by atoms with Crippen LogP contribution in [0.15, 0.2) is 24.3 Å². The molecule has 0 heterocycles. The van der Waals surface area contributed by atoms with Crippen LogP contribution in [0.2, 0.25) is 0 Å². The number of nitriles is 1. The second-order valence-corrected chi connectivity index (χ2v) is 6.16. The van der Waals surface area contributed by atoms with Gasteiger partial charge in [-0.05, 0) is 37.5 Å². The zero-order chi connectivity index (χ0) is 14.6. The Hall–Kier alpha value is -1.53. The van der Waals surface area contributed by atoms with E-state index in [2.05, 4.69) is 40.6 Å². The third-order valence-electron chi connectivity index (χ3n) is 4.28. The molecule has 1 aliphatic rings. The first-order valence-electron chi connectivity index (χ1n) is 7.52. The van der Waals surface area contributed by atoms with Gasteiger partial charge < -0.3 is 4.90 Å². The molecule has 1 N–H and O–H groups in total. The van der Waals surface area contributed by atoms with Gasteiger partial charge in [0.2, 0.25) is 0 Å². The van der Waals surface area contributed by atoms with Gasteiger partial charge in [-0.3, -0.25) is 5.32 Å². The third-order valence-corrected chi connectivity index (χ3v) is 4.28. The highest BCUT2D eigenvalue weighted by Gasteiger charge is 2.29. The standard InChI is InChI=1S/C17H25N3/c1-17(13-18,19-15-7-5-4-6-8-15)14-9-11-16(12-10-14)20(2)3/h9-12,15,19H,4-8H2,1-3H3. The number of rotatable bonds is 4.